The fourth-order valence-electron chi connectivity index (χ4n) is 2.76. The van der Waals surface area contributed by atoms with E-state index in [1.54, 1.807) is 36.4 Å². The molecule has 0 saturated heterocycles. The third-order valence-corrected chi connectivity index (χ3v) is 5.73. The second-order valence-electron chi connectivity index (χ2n) is 6.52. The highest BCUT2D eigenvalue weighted by molar-refractivity contribution is 7.92. The summed E-state index contributed by atoms with van der Waals surface area (Å²) >= 11 is 0. The summed E-state index contributed by atoms with van der Waals surface area (Å²) in [5.41, 5.74) is 2.16. The van der Waals surface area contributed by atoms with E-state index < -0.39 is 15.9 Å². The van der Waals surface area contributed by atoms with Gasteiger partial charge in [0.25, 0.3) is 15.9 Å². The van der Waals surface area contributed by atoms with Crippen molar-refractivity contribution in [1.29, 1.82) is 0 Å². The number of aryl methyl sites for hydroxylation is 1. The molecule has 0 fully saturated rings. The van der Waals surface area contributed by atoms with Gasteiger partial charge in [0.15, 0.2) is 11.5 Å². The van der Waals surface area contributed by atoms with E-state index in [0.717, 1.165) is 5.56 Å². The van der Waals surface area contributed by atoms with Gasteiger partial charge in [0.05, 0.1) is 19.1 Å². The Bertz CT molecular complexity index is 1160. The second kappa shape index (κ2) is 8.87. The van der Waals surface area contributed by atoms with Crippen LogP contribution in [0.1, 0.15) is 15.9 Å². The van der Waals surface area contributed by atoms with E-state index in [1.807, 2.05) is 19.1 Å². The number of benzene rings is 3. The van der Waals surface area contributed by atoms with Gasteiger partial charge in [-0.1, -0.05) is 23.8 Å². The molecule has 156 valence electrons. The van der Waals surface area contributed by atoms with Crippen molar-refractivity contribution in [3.05, 3.63) is 77.9 Å². The summed E-state index contributed by atoms with van der Waals surface area (Å²) in [6.07, 6.45) is 0. The van der Waals surface area contributed by atoms with Gasteiger partial charge in [0.2, 0.25) is 0 Å². The molecular weight excluding hydrogens is 404 g/mol. The molecule has 0 aromatic heterocycles. The van der Waals surface area contributed by atoms with Gasteiger partial charge < -0.3 is 14.8 Å². The molecule has 0 aliphatic heterocycles. The van der Waals surface area contributed by atoms with Crippen LogP contribution in [0.2, 0.25) is 0 Å². The topological polar surface area (TPSA) is 93.7 Å². The molecule has 0 spiro atoms. The number of methoxy groups -OCH3 is 2. The zero-order valence-electron chi connectivity index (χ0n) is 16.8. The lowest BCUT2D eigenvalue weighted by atomic mass is 10.2. The van der Waals surface area contributed by atoms with Crippen molar-refractivity contribution in [3.63, 3.8) is 0 Å². The summed E-state index contributed by atoms with van der Waals surface area (Å²) in [5, 5.41) is 2.73. The minimum Gasteiger partial charge on any atom is -0.493 e. The molecule has 7 nitrogen and oxygen atoms in total. The van der Waals surface area contributed by atoms with Crippen molar-refractivity contribution in [2.75, 3.05) is 24.3 Å². The summed E-state index contributed by atoms with van der Waals surface area (Å²) in [6, 6.07) is 17.8. The summed E-state index contributed by atoms with van der Waals surface area (Å²) in [7, 11) is -0.822. The average Bonchev–Trinajstić information content (AvgIpc) is 2.75. The van der Waals surface area contributed by atoms with Gasteiger partial charge in [-0.3, -0.25) is 9.52 Å². The maximum atomic E-state index is 12.7. The SMILES string of the molecule is COc1ccc(NC(=O)c2cccc(S(=O)(=O)Nc3ccc(C)cc3)c2)cc1OC. The number of amides is 1. The highest BCUT2D eigenvalue weighted by Gasteiger charge is 2.17. The Hall–Kier alpha value is -3.52. The van der Waals surface area contributed by atoms with E-state index >= 15 is 0 Å². The van der Waals surface area contributed by atoms with E-state index in [2.05, 4.69) is 10.0 Å². The number of anilines is 2. The average molecular weight is 426 g/mol. The first-order valence-corrected chi connectivity index (χ1v) is 10.5. The molecule has 0 radical (unpaired) electrons. The molecular formula is C22H22N2O5S. The maximum Gasteiger partial charge on any atom is 0.261 e. The van der Waals surface area contributed by atoms with Crippen LogP contribution < -0.4 is 19.5 Å². The molecule has 8 heteroatoms. The lowest BCUT2D eigenvalue weighted by molar-refractivity contribution is 0.102. The van der Waals surface area contributed by atoms with Crippen LogP contribution in [0.25, 0.3) is 0 Å². The summed E-state index contributed by atoms with van der Waals surface area (Å²) in [4.78, 5) is 12.6. The van der Waals surface area contributed by atoms with Crippen LogP contribution >= 0.6 is 0 Å². The van der Waals surface area contributed by atoms with Gasteiger partial charge in [-0.05, 0) is 49.4 Å². The Morgan fingerprint density at radius 1 is 0.833 bits per heavy atom. The molecule has 3 aromatic rings. The quantitative estimate of drug-likeness (QED) is 0.594. The molecule has 2 N–H and O–H groups in total. The number of hydrogen-bond acceptors (Lipinski definition) is 5. The van der Waals surface area contributed by atoms with Crippen LogP contribution in [0.5, 0.6) is 11.5 Å². The van der Waals surface area contributed by atoms with E-state index in [-0.39, 0.29) is 10.5 Å². The third kappa shape index (κ3) is 4.90. The Morgan fingerprint density at radius 3 is 2.17 bits per heavy atom. The first-order chi connectivity index (χ1) is 14.3. The van der Waals surface area contributed by atoms with Crippen LogP contribution in [0.15, 0.2) is 71.6 Å². The zero-order chi connectivity index (χ0) is 21.7. The van der Waals surface area contributed by atoms with Crippen LogP contribution in [-0.4, -0.2) is 28.5 Å². The Kier molecular flexibility index (Phi) is 6.27. The standard InChI is InChI=1S/C22H22N2O5S/c1-15-7-9-17(10-8-15)24-30(26,27)19-6-4-5-16(13-19)22(25)23-18-11-12-20(28-2)21(14-18)29-3/h4-14,24H,1-3H3,(H,23,25). The van der Waals surface area contributed by atoms with Crippen LogP contribution in [-0.2, 0) is 10.0 Å². The molecule has 0 unspecified atom stereocenters. The summed E-state index contributed by atoms with van der Waals surface area (Å²) in [5.74, 6) is 0.550. The first-order valence-electron chi connectivity index (χ1n) is 9.05. The van der Waals surface area contributed by atoms with Crippen molar-refractivity contribution >= 4 is 27.3 Å². The number of nitrogens with one attached hydrogen (secondary N) is 2. The third-order valence-electron chi connectivity index (χ3n) is 4.35. The molecule has 3 aromatic carbocycles. The van der Waals surface area contributed by atoms with Crippen molar-refractivity contribution in [3.8, 4) is 11.5 Å². The zero-order valence-corrected chi connectivity index (χ0v) is 17.6. The van der Waals surface area contributed by atoms with Gasteiger partial charge in [-0.25, -0.2) is 8.42 Å². The molecule has 1 amide bonds. The van der Waals surface area contributed by atoms with Crippen LogP contribution in [0, 0.1) is 6.92 Å². The molecule has 0 atom stereocenters. The molecule has 0 aliphatic carbocycles. The number of carbonyl (C=O) groups is 1. The van der Waals surface area contributed by atoms with E-state index in [1.165, 1.54) is 32.4 Å². The Labute approximate surface area is 175 Å². The first kappa shape index (κ1) is 21.2. The number of rotatable bonds is 7. The van der Waals surface area contributed by atoms with E-state index in [9.17, 15) is 13.2 Å². The normalized spacial score (nSPS) is 10.9. The maximum absolute atomic E-state index is 12.7. The second-order valence-corrected chi connectivity index (χ2v) is 8.21. The fourth-order valence-corrected chi connectivity index (χ4v) is 3.86. The number of hydrogen-bond donors (Lipinski definition) is 2. The molecule has 3 rings (SSSR count). The molecule has 0 bridgehead atoms. The number of ether oxygens (including phenoxy) is 2. The van der Waals surface area contributed by atoms with Crippen LogP contribution in [0.4, 0.5) is 11.4 Å². The Balaban J connectivity index is 1.80. The van der Waals surface area contributed by atoms with E-state index in [0.29, 0.717) is 22.9 Å². The van der Waals surface area contributed by atoms with Crippen LogP contribution in [0.3, 0.4) is 0 Å². The smallest absolute Gasteiger partial charge is 0.261 e. The number of carbonyl (C=O) groups excluding carboxylic acids is 1. The van der Waals surface area contributed by atoms with E-state index in [4.69, 9.17) is 9.47 Å². The van der Waals surface area contributed by atoms with Crippen molar-refractivity contribution in [1.82, 2.24) is 0 Å². The predicted molar refractivity (Wildman–Crippen MR) is 116 cm³/mol. The lowest BCUT2D eigenvalue weighted by Crippen LogP contribution is -2.16. The highest BCUT2D eigenvalue weighted by atomic mass is 32.2. The van der Waals surface area contributed by atoms with Gasteiger partial charge in [0.1, 0.15) is 0 Å². The molecule has 0 saturated carbocycles. The summed E-state index contributed by atoms with van der Waals surface area (Å²) in [6.45, 7) is 1.92. The minimum absolute atomic E-state index is 0.0111. The van der Waals surface area contributed by atoms with Crippen molar-refractivity contribution in [2.45, 2.75) is 11.8 Å². The molecule has 0 heterocycles. The van der Waals surface area contributed by atoms with Gasteiger partial charge in [-0.2, -0.15) is 0 Å². The van der Waals surface area contributed by atoms with Crippen molar-refractivity contribution < 1.29 is 22.7 Å². The number of sulfonamides is 1. The van der Waals surface area contributed by atoms with Crippen molar-refractivity contribution in [2.24, 2.45) is 0 Å². The lowest BCUT2D eigenvalue weighted by Gasteiger charge is -2.12. The Morgan fingerprint density at radius 2 is 1.50 bits per heavy atom. The fraction of sp³-hybridized carbons (Fsp3) is 0.136. The largest absolute Gasteiger partial charge is 0.493 e. The minimum atomic E-state index is -3.84. The predicted octanol–water partition coefficient (Wildman–Crippen LogP) is 4.07. The molecule has 30 heavy (non-hydrogen) atoms. The van der Waals surface area contributed by atoms with Gasteiger partial charge in [-0.15, -0.1) is 0 Å². The highest BCUT2D eigenvalue weighted by Crippen LogP contribution is 2.30. The van der Waals surface area contributed by atoms with Gasteiger partial charge >= 0.3 is 0 Å². The summed E-state index contributed by atoms with van der Waals surface area (Å²) < 4.78 is 38.3. The monoisotopic (exact) mass is 426 g/mol. The molecule has 0 aliphatic rings. The van der Waals surface area contributed by atoms with Gasteiger partial charge in [0, 0.05) is 23.0 Å².